The van der Waals surface area contributed by atoms with Crippen LogP contribution in [0.4, 0.5) is 17.1 Å². The zero-order chi connectivity index (χ0) is 23.5. The number of amides is 1. The third-order valence-corrected chi connectivity index (χ3v) is 7.31. The average Bonchev–Trinajstić information content (AvgIpc) is 2.70. The number of aryl methyl sites for hydroxylation is 2. The van der Waals surface area contributed by atoms with Crippen molar-refractivity contribution in [3.05, 3.63) is 77.9 Å². The van der Waals surface area contributed by atoms with E-state index in [2.05, 4.69) is 14.8 Å². The Bertz CT molecular complexity index is 1350. The van der Waals surface area contributed by atoms with E-state index in [1.54, 1.807) is 6.07 Å². The molecular weight excluding hydrogens is 450 g/mol. The van der Waals surface area contributed by atoms with Gasteiger partial charge in [0, 0.05) is 18.3 Å². The lowest BCUT2D eigenvalue weighted by molar-refractivity contribution is -0.114. The van der Waals surface area contributed by atoms with Crippen LogP contribution in [0.3, 0.4) is 0 Å². The second kappa shape index (κ2) is 9.01. The number of hydrogen-bond acceptors (Lipinski definition) is 5. The van der Waals surface area contributed by atoms with Crippen LogP contribution in [0.15, 0.2) is 76.5 Å². The van der Waals surface area contributed by atoms with Crippen LogP contribution in [0.1, 0.15) is 18.1 Å². The van der Waals surface area contributed by atoms with Crippen LogP contribution in [-0.4, -0.2) is 22.7 Å². The van der Waals surface area contributed by atoms with Crippen molar-refractivity contribution in [2.75, 3.05) is 14.8 Å². The Kier molecular flexibility index (Phi) is 6.56. The quantitative estimate of drug-likeness (QED) is 0.481. The second-order valence-corrected chi connectivity index (χ2v) is 10.6. The highest BCUT2D eigenvalue weighted by atomic mass is 32.2. The van der Waals surface area contributed by atoms with Crippen LogP contribution < -0.4 is 14.8 Å². The highest BCUT2D eigenvalue weighted by Gasteiger charge is 2.17. The summed E-state index contributed by atoms with van der Waals surface area (Å²) in [5.41, 5.74) is 2.97. The van der Waals surface area contributed by atoms with Crippen LogP contribution in [0.2, 0.25) is 0 Å². The predicted octanol–water partition coefficient (Wildman–Crippen LogP) is 3.86. The van der Waals surface area contributed by atoms with Gasteiger partial charge in [0.15, 0.2) is 0 Å². The molecule has 0 radical (unpaired) electrons. The van der Waals surface area contributed by atoms with Crippen LogP contribution in [-0.2, 0) is 24.8 Å². The lowest BCUT2D eigenvalue weighted by atomic mass is 10.1. The molecule has 3 rings (SSSR count). The summed E-state index contributed by atoms with van der Waals surface area (Å²) in [6, 6.07) is 16.5. The fourth-order valence-corrected chi connectivity index (χ4v) is 5.16. The molecule has 3 aromatic carbocycles. The molecule has 168 valence electrons. The number of sulfonamides is 2. The van der Waals surface area contributed by atoms with Crippen molar-refractivity contribution < 1.29 is 21.6 Å². The van der Waals surface area contributed by atoms with E-state index in [1.165, 1.54) is 55.5 Å². The van der Waals surface area contributed by atoms with E-state index in [1.807, 2.05) is 26.0 Å². The van der Waals surface area contributed by atoms with Gasteiger partial charge in [-0.2, -0.15) is 0 Å². The van der Waals surface area contributed by atoms with E-state index in [9.17, 15) is 21.6 Å². The SMILES string of the molecule is CC(=O)Nc1ccc(S(=O)(=O)Nc2ccc(S(=O)(=O)Nc3ccc(C)cc3C)cc2)cc1. The summed E-state index contributed by atoms with van der Waals surface area (Å²) in [5, 5.41) is 2.56. The van der Waals surface area contributed by atoms with Gasteiger partial charge in [-0.1, -0.05) is 17.7 Å². The number of nitrogens with one attached hydrogen (secondary N) is 3. The van der Waals surface area contributed by atoms with E-state index in [-0.39, 0.29) is 21.4 Å². The first-order valence-corrected chi connectivity index (χ1v) is 12.5. The smallest absolute Gasteiger partial charge is 0.261 e. The summed E-state index contributed by atoms with van der Waals surface area (Å²) in [5.74, 6) is -0.263. The largest absolute Gasteiger partial charge is 0.326 e. The first-order chi connectivity index (χ1) is 15.0. The van der Waals surface area contributed by atoms with Crippen molar-refractivity contribution in [1.29, 1.82) is 0 Å². The van der Waals surface area contributed by atoms with Crippen molar-refractivity contribution in [2.45, 2.75) is 30.6 Å². The lowest BCUT2D eigenvalue weighted by Gasteiger charge is -2.12. The third-order valence-electron chi connectivity index (χ3n) is 4.53. The monoisotopic (exact) mass is 473 g/mol. The molecule has 0 aromatic heterocycles. The van der Waals surface area contributed by atoms with E-state index in [4.69, 9.17) is 0 Å². The molecule has 32 heavy (non-hydrogen) atoms. The molecule has 3 N–H and O–H groups in total. The number of carbonyl (C=O) groups excluding carboxylic acids is 1. The number of hydrogen-bond donors (Lipinski definition) is 3. The van der Waals surface area contributed by atoms with Gasteiger partial charge < -0.3 is 5.32 Å². The van der Waals surface area contributed by atoms with Crippen LogP contribution in [0, 0.1) is 13.8 Å². The molecular formula is C22H23N3O5S2. The van der Waals surface area contributed by atoms with Gasteiger partial charge in [0.05, 0.1) is 15.5 Å². The minimum Gasteiger partial charge on any atom is -0.326 e. The summed E-state index contributed by atoms with van der Waals surface area (Å²) in [6.07, 6.45) is 0. The number of anilines is 3. The van der Waals surface area contributed by atoms with Gasteiger partial charge in [0.1, 0.15) is 0 Å². The topological polar surface area (TPSA) is 121 Å². The van der Waals surface area contributed by atoms with Gasteiger partial charge in [-0.3, -0.25) is 14.2 Å². The summed E-state index contributed by atoms with van der Waals surface area (Å²) in [6.45, 7) is 5.08. The van der Waals surface area contributed by atoms with Crippen molar-refractivity contribution >= 4 is 43.0 Å². The molecule has 10 heteroatoms. The molecule has 3 aromatic rings. The van der Waals surface area contributed by atoms with Crippen LogP contribution in [0.5, 0.6) is 0 Å². The maximum absolute atomic E-state index is 12.7. The van der Waals surface area contributed by atoms with Gasteiger partial charge in [-0.05, 0) is 74.0 Å². The van der Waals surface area contributed by atoms with Gasteiger partial charge >= 0.3 is 0 Å². The van der Waals surface area contributed by atoms with E-state index in [0.717, 1.165) is 11.1 Å². The molecule has 0 fully saturated rings. The Morgan fingerprint density at radius 2 is 1.19 bits per heavy atom. The first kappa shape index (κ1) is 23.3. The predicted molar refractivity (Wildman–Crippen MR) is 125 cm³/mol. The van der Waals surface area contributed by atoms with Gasteiger partial charge in [-0.15, -0.1) is 0 Å². The number of benzene rings is 3. The molecule has 0 saturated heterocycles. The average molecular weight is 474 g/mol. The van der Waals surface area contributed by atoms with Crippen molar-refractivity contribution in [3.63, 3.8) is 0 Å². The minimum absolute atomic E-state index is 0.0000769. The van der Waals surface area contributed by atoms with Crippen molar-refractivity contribution in [1.82, 2.24) is 0 Å². The third kappa shape index (κ3) is 5.65. The normalized spacial score (nSPS) is 11.6. The summed E-state index contributed by atoms with van der Waals surface area (Å²) < 4.78 is 55.5. The molecule has 0 aliphatic rings. The fraction of sp³-hybridized carbons (Fsp3) is 0.136. The van der Waals surface area contributed by atoms with Gasteiger partial charge in [-0.25, -0.2) is 16.8 Å². The Hall–Kier alpha value is -3.37. The zero-order valence-electron chi connectivity index (χ0n) is 17.7. The van der Waals surface area contributed by atoms with E-state index < -0.39 is 20.0 Å². The fourth-order valence-electron chi connectivity index (χ4n) is 2.97. The zero-order valence-corrected chi connectivity index (χ0v) is 19.3. The summed E-state index contributed by atoms with van der Waals surface area (Å²) in [4.78, 5) is 11.1. The molecule has 0 atom stereocenters. The summed E-state index contributed by atoms with van der Waals surface area (Å²) >= 11 is 0. The van der Waals surface area contributed by atoms with Gasteiger partial charge in [0.25, 0.3) is 20.0 Å². The van der Waals surface area contributed by atoms with E-state index in [0.29, 0.717) is 11.4 Å². The van der Waals surface area contributed by atoms with E-state index >= 15 is 0 Å². The van der Waals surface area contributed by atoms with Crippen LogP contribution >= 0.6 is 0 Å². The maximum Gasteiger partial charge on any atom is 0.261 e. The second-order valence-electron chi connectivity index (χ2n) is 7.26. The molecule has 0 spiro atoms. The Morgan fingerprint density at radius 3 is 1.69 bits per heavy atom. The van der Waals surface area contributed by atoms with Crippen LogP contribution in [0.25, 0.3) is 0 Å². The maximum atomic E-state index is 12.7. The Labute approximate surface area is 187 Å². The van der Waals surface area contributed by atoms with Crippen molar-refractivity contribution in [3.8, 4) is 0 Å². The molecule has 0 saturated carbocycles. The minimum atomic E-state index is -3.89. The molecule has 0 unspecified atom stereocenters. The summed E-state index contributed by atoms with van der Waals surface area (Å²) in [7, 11) is -7.73. The molecule has 1 amide bonds. The molecule has 0 heterocycles. The number of carbonyl (C=O) groups is 1. The van der Waals surface area contributed by atoms with Gasteiger partial charge in [0.2, 0.25) is 5.91 Å². The molecule has 0 aliphatic carbocycles. The Morgan fingerprint density at radius 1 is 0.688 bits per heavy atom. The first-order valence-electron chi connectivity index (χ1n) is 9.57. The Balaban J connectivity index is 1.75. The van der Waals surface area contributed by atoms with Crippen molar-refractivity contribution in [2.24, 2.45) is 0 Å². The molecule has 0 bridgehead atoms. The molecule has 8 nitrogen and oxygen atoms in total. The standard InChI is InChI=1S/C22H23N3O5S2/c1-15-4-13-22(16(2)14-15)25-32(29,30)21-11-7-19(8-12-21)24-31(27,28)20-9-5-18(6-10-20)23-17(3)26/h4-14,24-25H,1-3H3,(H,23,26). The highest BCUT2D eigenvalue weighted by Crippen LogP contribution is 2.23. The molecule has 0 aliphatic heterocycles. The number of rotatable bonds is 7. The lowest BCUT2D eigenvalue weighted by Crippen LogP contribution is -2.15. The highest BCUT2D eigenvalue weighted by molar-refractivity contribution is 7.93.